The van der Waals surface area contributed by atoms with E-state index in [-0.39, 0.29) is 24.0 Å². The van der Waals surface area contributed by atoms with Gasteiger partial charge in [-0.1, -0.05) is 36.7 Å². The molecular weight excluding hydrogens is 468 g/mol. The average Bonchev–Trinajstić information content (AvgIpc) is 3.13. The maximum absolute atomic E-state index is 14.1. The first kappa shape index (κ1) is 24.5. The van der Waals surface area contributed by atoms with Crippen LogP contribution in [-0.4, -0.2) is 27.5 Å². The van der Waals surface area contributed by atoms with E-state index in [9.17, 15) is 17.6 Å². The first-order valence-corrected chi connectivity index (χ1v) is 11.7. The van der Waals surface area contributed by atoms with Crippen molar-refractivity contribution in [1.29, 1.82) is 0 Å². The van der Waals surface area contributed by atoms with Crippen molar-refractivity contribution >= 4 is 23.2 Å². The van der Waals surface area contributed by atoms with Crippen LogP contribution in [0.4, 0.5) is 29.2 Å². The van der Waals surface area contributed by atoms with Crippen molar-refractivity contribution in [3.63, 3.8) is 0 Å². The van der Waals surface area contributed by atoms with Crippen LogP contribution < -0.4 is 4.90 Å². The number of rotatable bonds is 7. The molecule has 2 aromatic carbocycles. The predicted octanol–water partition coefficient (Wildman–Crippen LogP) is 6.96. The lowest BCUT2D eigenvalue weighted by Crippen LogP contribution is -2.31. The van der Waals surface area contributed by atoms with Crippen LogP contribution in [0.25, 0.3) is 0 Å². The van der Waals surface area contributed by atoms with Crippen molar-refractivity contribution in [3.05, 3.63) is 75.8 Å². The molecule has 1 aliphatic rings. The number of benzene rings is 2. The van der Waals surface area contributed by atoms with E-state index in [1.165, 1.54) is 12.1 Å². The largest absolute Gasteiger partial charge is 0.435 e. The molecule has 1 aromatic heterocycles. The molecule has 0 amide bonds. The van der Waals surface area contributed by atoms with Crippen molar-refractivity contribution < 1.29 is 17.6 Å². The van der Waals surface area contributed by atoms with Gasteiger partial charge in [0.2, 0.25) is 5.95 Å². The Morgan fingerprint density at radius 2 is 1.88 bits per heavy atom. The molecule has 9 heteroatoms. The highest BCUT2D eigenvalue weighted by Gasteiger charge is 2.41. The zero-order valence-electron chi connectivity index (χ0n) is 19.2. The van der Waals surface area contributed by atoms with E-state index in [2.05, 4.69) is 4.98 Å². The molecule has 0 fully saturated rings. The van der Waals surface area contributed by atoms with E-state index in [1.54, 1.807) is 27.7 Å². The smallest absolute Gasteiger partial charge is 0.312 e. The van der Waals surface area contributed by atoms with Crippen LogP contribution in [0, 0.1) is 12.7 Å². The fourth-order valence-corrected chi connectivity index (χ4v) is 4.82. The van der Waals surface area contributed by atoms with Crippen LogP contribution in [-0.2, 0) is 25.8 Å². The van der Waals surface area contributed by atoms with Gasteiger partial charge in [-0.3, -0.25) is 4.90 Å². The molecule has 4 nitrogen and oxygen atoms in total. The van der Waals surface area contributed by atoms with Crippen molar-refractivity contribution in [3.8, 4) is 0 Å². The summed E-state index contributed by atoms with van der Waals surface area (Å²) < 4.78 is 57.7. The van der Waals surface area contributed by atoms with Gasteiger partial charge in [0.25, 0.3) is 0 Å². The number of hydrogen-bond acceptors (Lipinski definition) is 3. The van der Waals surface area contributed by atoms with Crippen molar-refractivity contribution in [2.24, 2.45) is 0 Å². The van der Waals surface area contributed by atoms with E-state index in [4.69, 9.17) is 11.6 Å². The summed E-state index contributed by atoms with van der Waals surface area (Å²) >= 11 is 6.45. The molecule has 0 unspecified atom stereocenters. The Balaban J connectivity index is 1.74. The molecule has 2 heterocycles. The Bertz CT molecular complexity index is 1160. The number of halogens is 5. The summed E-state index contributed by atoms with van der Waals surface area (Å²) in [6, 6.07) is 11.7. The second-order valence-electron chi connectivity index (χ2n) is 8.66. The van der Waals surface area contributed by atoms with Crippen LogP contribution in [0.5, 0.6) is 0 Å². The Hall–Kier alpha value is -2.58. The Kier molecular flexibility index (Phi) is 7.19. The van der Waals surface area contributed by atoms with Gasteiger partial charge in [0.1, 0.15) is 5.82 Å². The summed E-state index contributed by atoms with van der Waals surface area (Å²) in [5, 5.41) is 0.477. The Morgan fingerprint density at radius 3 is 2.56 bits per heavy atom. The summed E-state index contributed by atoms with van der Waals surface area (Å²) in [7, 11) is 0. The molecule has 182 valence electrons. The van der Waals surface area contributed by atoms with E-state index in [0.29, 0.717) is 48.9 Å². The maximum atomic E-state index is 14.1. The normalized spacial score (nSPS) is 14.1. The summed E-state index contributed by atoms with van der Waals surface area (Å²) in [6.07, 6.45) is -3.18. The predicted molar refractivity (Wildman–Crippen MR) is 126 cm³/mol. The number of aryl methyl sites for hydroxylation is 1. The maximum Gasteiger partial charge on any atom is 0.435 e. The summed E-state index contributed by atoms with van der Waals surface area (Å²) in [5.41, 5.74) is 1.58. The zero-order valence-corrected chi connectivity index (χ0v) is 19.9. The first-order chi connectivity index (χ1) is 16.2. The Labute approximate surface area is 201 Å². The second kappa shape index (κ2) is 9.96. The van der Waals surface area contributed by atoms with Crippen LogP contribution in [0.15, 0.2) is 42.5 Å². The third-order valence-electron chi connectivity index (χ3n) is 5.93. The minimum absolute atomic E-state index is 0.0572. The summed E-state index contributed by atoms with van der Waals surface area (Å²) in [6.45, 7) is 5.82. The van der Waals surface area contributed by atoms with Crippen molar-refractivity contribution in [2.75, 3.05) is 18.0 Å². The quantitative estimate of drug-likeness (QED) is 0.332. The lowest BCUT2D eigenvalue weighted by Gasteiger charge is -2.31. The number of hydrogen-bond donors (Lipinski definition) is 0. The molecule has 1 aliphatic heterocycles. The van der Waals surface area contributed by atoms with Gasteiger partial charge in [0.15, 0.2) is 5.69 Å². The van der Waals surface area contributed by atoms with Crippen LogP contribution >= 0.6 is 11.6 Å². The molecule has 0 spiro atoms. The van der Waals surface area contributed by atoms with E-state index >= 15 is 0 Å². The monoisotopic (exact) mass is 494 g/mol. The SMILES string of the molecule is CCCN(Cc1cccc(F)c1)Cc1c(C(F)(F)F)nc2n1CCCN2c1ccc(C)cc1Cl. The van der Waals surface area contributed by atoms with Gasteiger partial charge in [-0.2, -0.15) is 13.2 Å². The molecule has 4 rings (SSSR count). The van der Waals surface area contributed by atoms with Gasteiger partial charge >= 0.3 is 6.18 Å². The van der Waals surface area contributed by atoms with Crippen LogP contribution in [0.1, 0.15) is 42.3 Å². The van der Waals surface area contributed by atoms with E-state index in [1.807, 2.05) is 30.9 Å². The third-order valence-corrected chi connectivity index (χ3v) is 6.23. The van der Waals surface area contributed by atoms with Crippen molar-refractivity contribution in [2.45, 2.75) is 52.5 Å². The molecular formula is C25H27ClF4N4. The minimum Gasteiger partial charge on any atom is -0.312 e. The van der Waals surface area contributed by atoms with Gasteiger partial charge in [-0.25, -0.2) is 9.37 Å². The molecule has 0 N–H and O–H groups in total. The molecule has 0 aliphatic carbocycles. The molecule has 0 radical (unpaired) electrons. The molecule has 34 heavy (non-hydrogen) atoms. The molecule has 0 saturated carbocycles. The first-order valence-electron chi connectivity index (χ1n) is 11.3. The van der Waals surface area contributed by atoms with Gasteiger partial charge in [-0.15, -0.1) is 0 Å². The number of alkyl halides is 3. The second-order valence-corrected chi connectivity index (χ2v) is 9.06. The standard InChI is InChI=1S/C25H27ClF4N4/c1-3-10-32(15-18-6-4-7-19(27)14-18)16-22-23(25(28,29)30)31-24-33(11-5-12-34(22)24)21-9-8-17(2)13-20(21)26/h4,6-9,13-14H,3,5,10-12,15-16H2,1-2H3. The van der Waals surface area contributed by atoms with Crippen molar-refractivity contribution in [1.82, 2.24) is 14.5 Å². The summed E-state index contributed by atoms with van der Waals surface area (Å²) in [4.78, 5) is 7.77. The van der Waals surface area contributed by atoms with Crippen LogP contribution in [0.2, 0.25) is 5.02 Å². The third kappa shape index (κ3) is 5.23. The highest BCUT2D eigenvalue weighted by atomic mass is 35.5. The van der Waals surface area contributed by atoms with Gasteiger partial charge in [0.05, 0.1) is 16.4 Å². The topological polar surface area (TPSA) is 24.3 Å². The fourth-order valence-electron chi connectivity index (χ4n) is 4.48. The minimum atomic E-state index is -4.60. The van der Waals surface area contributed by atoms with Gasteiger partial charge in [0, 0.05) is 26.2 Å². The fraction of sp³-hybridized carbons (Fsp3) is 0.400. The van der Waals surface area contributed by atoms with E-state index in [0.717, 1.165) is 12.0 Å². The number of fused-ring (bicyclic) bond motifs is 1. The number of imidazole rings is 1. The molecule has 3 aromatic rings. The zero-order chi connectivity index (χ0) is 24.5. The lowest BCUT2D eigenvalue weighted by molar-refractivity contribution is -0.141. The highest BCUT2D eigenvalue weighted by molar-refractivity contribution is 6.33. The van der Waals surface area contributed by atoms with Gasteiger partial charge < -0.3 is 9.47 Å². The number of anilines is 2. The molecule has 0 atom stereocenters. The Morgan fingerprint density at radius 1 is 1.09 bits per heavy atom. The highest BCUT2D eigenvalue weighted by Crippen LogP contribution is 2.40. The summed E-state index contributed by atoms with van der Waals surface area (Å²) in [5.74, 6) is -0.112. The van der Waals surface area contributed by atoms with Crippen LogP contribution in [0.3, 0.4) is 0 Å². The average molecular weight is 495 g/mol. The van der Waals surface area contributed by atoms with Gasteiger partial charge in [-0.05, 0) is 61.7 Å². The molecule has 0 saturated heterocycles. The molecule has 0 bridgehead atoms. The lowest BCUT2D eigenvalue weighted by atomic mass is 10.2. The number of aromatic nitrogens is 2. The number of nitrogens with zero attached hydrogens (tertiary/aromatic N) is 4. The van der Waals surface area contributed by atoms with E-state index < -0.39 is 11.9 Å².